The highest BCUT2D eigenvalue weighted by atomic mass is 16.5. The maximum atomic E-state index is 13.2. The van der Waals surface area contributed by atoms with Gasteiger partial charge in [-0.2, -0.15) is 0 Å². The number of nitrogens with one attached hydrogen (secondary N) is 1. The highest BCUT2D eigenvalue weighted by molar-refractivity contribution is 6.05. The lowest BCUT2D eigenvalue weighted by molar-refractivity contribution is -0.136. The van der Waals surface area contributed by atoms with Gasteiger partial charge in [0.15, 0.2) is 0 Å². The first-order valence-electron chi connectivity index (χ1n) is 10.2. The van der Waals surface area contributed by atoms with Gasteiger partial charge in [-0.25, -0.2) is 0 Å². The van der Waals surface area contributed by atoms with E-state index in [2.05, 4.69) is 10.2 Å². The summed E-state index contributed by atoms with van der Waals surface area (Å²) in [5.41, 5.74) is 8.61. The van der Waals surface area contributed by atoms with Gasteiger partial charge in [-0.1, -0.05) is 18.2 Å². The Kier molecular flexibility index (Phi) is 5.67. The summed E-state index contributed by atoms with van der Waals surface area (Å²) in [7, 11) is 1.74. The lowest BCUT2D eigenvalue weighted by Crippen LogP contribution is -2.52. The zero-order valence-corrected chi connectivity index (χ0v) is 16.7. The number of amides is 3. The molecule has 156 valence electrons. The van der Waals surface area contributed by atoms with Crippen molar-refractivity contribution in [1.29, 1.82) is 0 Å². The van der Waals surface area contributed by atoms with Gasteiger partial charge >= 0.3 is 0 Å². The largest absolute Gasteiger partial charge is 0.381 e. The summed E-state index contributed by atoms with van der Waals surface area (Å²) in [5, 5.41) is 2.35. The quantitative estimate of drug-likeness (QED) is 0.693. The first kappa shape index (κ1) is 20.0. The molecule has 8 nitrogen and oxygen atoms in total. The molecule has 1 aromatic carbocycles. The predicted octanol–water partition coefficient (Wildman–Crippen LogP) is 0.386. The van der Waals surface area contributed by atoms with Crippen molar-refractivity contribution < 1.29 is 19.1 Å². The topological polar surface area (TPSA) is 105 Å². The molecule has 3 aliphatic heterocycles. The smallest absolute Gasteiger partial charge is 0.255 e. The molecule has 3 unspecified atom stereocenters. The average Bonchev–Trinajstić information content (AvgIpc) is 3.05. The summed E-state index contributed by atoms with van der Waals surface area (Å²) in [6.07, 6.45) is 2.69. The fourth-order valence-electron chi connectivity index (χ4n) is 4.77. The number of likely N-dealkylation sites (tertiary alicyclic amines) is 1. The summed E-state index contributed by atoms with van der Waals surface area (Å²) in [6.45, 7) is 2.47. The maximum absolute atomic E-state index is 13.2. The first-order valence-corrected chi connectivity index (χ1v) is 10.2. The second-order valence-electron chi connectivity index (χ2n) is 8.09. The molecule has 2 saturated heterocycles. The van der Waals surface area contributed by atoms with E-state index in [0.29, 0.717) is 31.6 Å². The number of benzene rings is 1. The Morgan fingerprint density at radius 3 is 2.79 bits per heavy atom. The Bertz CT molecular complexity index is 827. The molecule has 0 aliphatic carbocycles. The predicted molar refractivity (Wildman–Crippen MR) is 106 cm³/mol. The van der Waals surface area contributed by atoms with Crippen LogP contribution in [0.1, 0.15) is 47.2 Å². The summed E-state index contributed by atoms with van der Waals surface area (Å²) in [6, 6.07) is 5.53. The van der Waals surface area contributed by atoms with Gasteiger partial charge in [0.1, 0.15) is 6.04 Å². The van der Waals surface area contributed by atoms with Gasteiger partial charge in [-0.3, -0.25) is 24.6 Å². The lowest BCUT2D eigenvalue weighted by Gasteiger charge is -2.38. The van der Waals surface area contributed by atoms with E-state index in [1.807, 2.05) is 18.2 Å². The van der Waals surface area contributed by atoms with Gasteiger partial charge in [0, 0.05) is 51.3 Å². The number of carbonyl (C=O) groups excluding carboxylic acids is 3. The van der Waals surface area contributed by atoms with Gasteiger partial charge in [0.05, 0.1) is 6.10 Å². The van der Waals surface area contributed by atoms with Crippen molar-refractivity contribution in [1.82, 2.24) is 15.1 Å². The third-order valence-electron chi connectivity index (χ3n) is 6.41. The van der Waals surface area contributed by atoms with Crippen molar-refractivity contribution in [3.63, 3.8) is 0 Å². The summed E-state index contributed by atoms with van der Waals surface area (Å²) < 4.78 is 5.51. The fourth-order valence-corrected chi connectivity index (χ4v) is 4.77. The van der Waals surface area contributed by atoms with Crippen molar-refractivity contribution in [2.45, 2.75) is 57.0 Å². The van der Waals surface area contributed by atoms with Gasteiger partial charge in [-0.15, -0.1) is 0 Å². The third-order valence-corrected chi connectivity index (χ3v) is 6.41. The number of hydrogen-bond acceptors (Lipinski definition) is 6. The number of carbonyl (C=O) groups is 3. The number of fused-ring (bicyclic) bond motifs is 1. The number of imide groups is 1. The second-order valence-corrected chi connectivity index (χ2v) is 8.09. The number of hydrogen-bond donors (Lipinski definition) is 2. The SMILES string of the molecule is COC1CCN(Cc2cccc3c2C(=O)N(C2CCC(=O)NC2=O)C3)C(CN)C1. The molecule has 0 spiro atoms. The van der Waals surface area contributed by atoms with E-state index in [1.165, 1.54) is 0 Å². The van der Waals surface area contributed by atoms with E-state index in [0.717, 1.165) is 30.5 Å². The van der Waals surface area contributed by atoms with Crippen LogP contribution in [0, 0.1) is 0 Å². The van der Waals surface area contributed by atoms with Crippen LogP contribution in [-0.4, -0.2) is 65.9 Å². The molecule has 0 bridgehead atoms. The van der Waals surface area contributed by atoms with E-state index < -0.39 is 6.04 Å². The minimum absolute atomic E-state index is 0.124. The molecule has 4 rings (SSSR count). The molecule has 3 aliphatic rings. The molecular weight excluding hydrogens is 372 g/mol. The van der Waals surface area contributed by atoms with E-state index in [1.54, 1.807) is 12.0 Å². The van der Waals surface area contributed by atoms with Crippen LogP contribution in [0.5, 0.6) is 0 Å². The summed E-state index contributed by atoms with van der Waals surface area (Å²) >= 11 is 0. The highest BCUT2D eigenvalue weighted by Crippen LogP contribution is 2.31. The molecule has 3 heterocycles. The standard InChI is InChI=1S/C21H28N4O4/c1-29-16-7-8-24(15(9-16)10-22)11-13-3-2-4-14-12-25(21(28)19(13)14)17-5-6-18(26)23-20(17)27/h2-4,15-17H,5-12,22H2,1H3,(H,23,26,27). The van der Waals surface area contributed by atoms with Crippen LogP contribution in [0.15, 0.2) is 18.2 Å². The van der Waals surface area contributed by atoms with Crippen LogP contribution >= 0.6 is 0 Å². The van der Waals surface area contributed by atoms with Crippen LogP contribution in [0.25, 0.3) is 0 Å². The highest BCUT2D eigenvalue weighted by Gasteiger charge is 2.40. The number of nitrogens with two attached hydrogens (primary N) is 1. The molecule has 29 heavy (non-hydrogen) atoms. The lowest BCUT2D eigenvalue weighted by atomic mass is 9.96. The zero-order valence-electron chi connectivity index (χ0n) is 16.7. The number of ether oxygens (including phenoxy) is 1. The normalized spacial score (nSPS) is 27.9. The summed E-state index contributed by atoms with van der Waals surface area (Å²) in [5.74, 6) is -0.779. The molecule has 0 radical (unpaired) electrons. The molecule has 2 fully saturated rings. The van der Waals surface area contributed by atoms with Crippen molar-refractivity contribution in [3.8, 4) is 0 Å². The van der Waals surface area contributed by atoms with Gasteiger partial charge in [0.2, 0.25) is 11.8 Å². The minimum atomic E-state index is -0.588. The number of methoxy groups -OCH3 is 1. The van der Waals surface area contributed by atoms with E-state index >= 15 is 0 Å². The second kappa shape index (κ2) is 8.22. The Morgan fingerprint density at radius 2 is 2.07 bits per heavy atom. The third kappa shape index (κ3) is 3.80. The van der Waals surface area contributed by atoms with Crippen LogP contribution in [0.2, 0.25) is 0 Å². The fraction of sp³-hybridized carbons (Fsp3) is 0.571. The molecule has 8 heteroatoms. The minimum Gasteiger partial charge on any atom is -0.381 e. The molecule has 3 N–H and O–H groups in total. The van der Waals surface area contributed by atoms with Crippen molar-refractivity contribution >= 4 is 17.7 Å². The molecule has 0 saturated carbocycles. The van der Waals surface area contributed by atoms with Crippen molar-refractivity contribution in [2.75, 3.05) is 20.2 Å². The van der Waals surface area contributed by atoms with Crippen LogP contribution in [0.4, 0.5) is 0 Å². The Balaban J connectivity index is 1.53. The van der Waals surface area contributed by atoms with Gasteiger partial charge in [0.25, 0.3) is 5.91 Å². The monoisotopic (exact) mass is 400 g/mol. The molecule has 3 atom stereocenters. The Hall–Kier alpha value is -2.29. The van der Waals surface area contributed by atoms with Crippen molar-refractivity contribution in [2.24, 2.45) is 5.73 Å². The molecule has 1 aromatic rings. The average molecular weight is 400 g/mol. The molecule has 3 amide bonds. The van der Waals surface area contributed by atoms with Gasteiger partial charge < -0.3 is 15.4 Å². The van der Waals surface area contributed by atoms with E-state index in [9.17, 15) is 14.4 Å². The summed E-state index contributed by atoms with van der Waals surface area (Å²) in [4.78, 5) is 40.9. The number of nitrogens with zero attached hydrogens (tertiary/aromatic N) is 2. The maximum Gasteiger partial charge on any atom is 0.255 e. The molecular formula is C21H28N4O4. The molecule has 0 aromatic heterocycles. The number of rotatable bonds is 5. The zero-order chi connectivity index (χ0) is 20.5. The Morgan fingerprint density at radius 1 is 1.24 bits per heavy atom. The van der Waals surface area contributed by atoms with E-state index in [4.69, 9.17) is 10.5 Å². The van der Waals surface area contributed by atoms with Crippen LogP contribution in [-0.2, 0) is 27.4 Å². The first-order chi connectivity index (χ1) is 14.0. The van der Waals surface area contributed by atoms with E-state index in [-0.39, 0.29) is 36.3 Å². The Labute approximate surface area is 170 Å². The van der Waals surface area contributed by atoms with Gasteiger partial charge in [-0.05, 0) is 30.4 Å². The van der Waals surface area contributed by atoms with Crippen molar-refractivity contribution in [3.05, 3.63) is 34.9 Å². The number of piperidine rings is 2. The van der Waals surface area contributed by atoms with Crippen LogP contribution < -0.4 is 11.1 Å². The van der Waals surface area contributed by atoms with Crippen LogP contribution in [0.3, 0.4) is 0 Å².